The molecule has 3 amide bonds. The molecular weight excluding hydrogens is 634 g/mol. The van der Waals surface area contributed by atoms with E-state index in [-0.39, 0.29) is 30.4 Å². The summed E-state index contributed by atoms with van der Waals surface area (Å²) in [7, 11) is 1.71. The zero-order valence-corrected chi connectivity index (χ0v) is 30.0. The Labute approximate surface area is 297 Å². The van der Waals surface area contributed by atoms with Gasteiger partial charge in [0.25, 0.3) is 0 Å². The normalized spacial score (nSPS) is 27.0. The number of allylic oxidation sites excluding steroid dienone is 1. The molecule has 1 aromatic carbocycles. The quantitative estimate of drug-likeness (QED) is 0.125. The summed E-state index contributed by atoms with van der Waals surface area (Å²) in [6, 6.07) is 8.13. The number of carbonyl (C=O) groups is 4. The molecule has 10 nitrogen and oxygen atoms in total. The minimum Gasteiger partial charge on any atom is -0.455 e. The molecule has 1 saturated carbocycles. The molecule has 0 aromatic heterocycles. The van der Waals surface area contributed by atoms with Crippen LogP contribution in [0.15, 0.2) is 55.6 Å². The van der Waals surface area contributed by atoms with Crippen molar-refractivity contribution in [3.63, 3.8) is 0 Å². The first-order valence-corrected chi connectivity index (χ1v) is 18.8. The minimum absolute atomic E-state index is 0.0740. The zero-order chi connectivity index (χ0) is 35.8. The first kappa shape index (κ1) is 37.7. The van der Waals surface area contributed by atoms with Gasteiger partial charge in [0.2, 0.25) is 17.7 Å². The topological polar surface area (TPSA) is 117 Å². The van der Waals surface area contributed by atoms with E-state index in [2.05, 4.69) is 13.2 Å². The predicted molar refractivity (Wildman–Crippen MR) is 191 cm³/mol. The van der Waals surface area contributed by atoms with E-state index >= 15 is 0 Å². The fourth-order valence-electron chi connectivity index (χ4n) is 8.92. The zero-order valence-electron chi connectivity index (χ0n) is 30.0. The second kappa shape index (κ2) is 17.1. The number of hydrogen-bond acceptors (Lipinski definition) is 7. The Hall–Kier alpha value is -3.50. The van der Waals surface area contributed by atoms with Crippen LogP contribution >= 0.6 is 0 Å². The van der Waals surface area contributed by atoms with Crippen LogP contribution in [0.25, 0.3) is 0 Å². The highest BCUT2D eigenvalue weighted by Gasteiger charge is 2.75. The maximum atomic E-state index is 14.8. The molecule has 1 aromatic rings. The Morgan fingerprint density at radius 1 is 1.06 bits per heavy atom. The fraction of sp³-hybridized carbons (Fsp3) is 0.650. The van der Waals surface area contributed by atoms with Gasteiger partial charge < -0.3 is 29.3 Å². The lowest BCUT2D eigenvalue weighted by Gasteiger charge is -2.40. The van der Waals surface area contributed by atoms with Crippen molar-refractivity contribution in [2.24, 2.45) is 11.8 Å². The molecular formula is C40H57N3O7. The summed E-state index contributed by atoms with van der Waals surface area (Å²) in [4.78, 5) is 62.1. The number of aliphatic hydroxyl groups excluding tert-OH is 1. The third kappa shape index (κ3) is 7.57. The molecule has 3 saturated heterocycles. The number of amides is 3. The van der Waals surface area contributed by atoms with Crippen LogP contribution in [0.5, 0.6) is 0 Å². The van der Waals surface area contributed by atoms with Crippen molar-refractivity contribution < 1.29 is 33.8 Å². The molecule has 0 radical (unpaired) electrons. The van der Waals surface area contributed by atoms with Gasteiger partial charge in [0.15, 0.2) is 0 Å². The highest BCUT2D eigenvalue weighted by atomic mass is 16.6. The van der Waals surface area contributed by atoms with Crippen LogP contribution in [0.1, 0.15) is 102 Å². The molecule has 3 aliphatic heterocycles. The average molecular weight is 692 g/mol. The van der Waals surface area contributed by atoms with E-state index in [1.165, 1.54) is 0 Å². The maximum Gasteiger partial charge on any atom is 0.313 e. The van der Waals surface area contributed by atoms with Crippen LogP contribution in [-0.4, -0.2) is 100 Å². The third-order valence-corrected chi connectivity index (χ3v) is 11.6. The lowest BCUT2D eigenvalue weighted by molar-refractivity contribution is -0.164. The maximum absolute atomic E-state index is 14.8. The molecule has 1 spiro atoms. The second-order valence-corrected chi connectivity index (χ2v) is 14.6. The van der Waals surface area contributed by atoms with Crippen LogP contribution in [0.4, 0.5) is 0 Å². The van der Waals surface area contributed by atoms with Gasteiger partial charge in [-0.1, -0.05) is 74.6 Å². The number of benzene rings is 1. The highest BCUT2D eigenvalue weighted by molar-refractivity contribution is 5.98. The number of likely N-dealkylation sites (tertiary alicyclic amines) is 1. The Bertz CT molecular complexity index is 1360. The summed E-state index contributed by atoms with van der Waals surface area (Å²) in [6.45, 7) is 10.4. The average Bonchev–Trinajstić information content (AvgIpc) is 3.78. The first-order chi connectivity index (χ1) is 24.2. The molecule has 2 bridgehead atoms. The molecule has 7 atom stereocenters. The van der Waals surface area contributed by atoms with Crippen LogP contribution in [0.3, 0.4) is 0 Å². The Balaban J connectivity index is 1.45. The van der Waals surface area contributed by atoms with E-state index in [0.717, 1.165) is 50.5 Å². The van der Waals surface area contributed by atoms with Gasteiger partial charge in [-0.25, -0.2) is 0 Å². The lowest BCUT2D eigenvalue weighted by atomic mass is 9.70. The van der Waals surface area contributed by atoms with Crippen LogP contribution in [0.2, 0.25) is 0 Å². The molecule has 274 valence electrons. The number of aliphatic hydroxyl groups is 1. The van der Waals surface area contributed by atoms with Crippen LogP contribution in [-0.2, 0) is 28.7 Å². The van der Waals surface area contributed by atoms with Gasteiger partial charge in [0, 0.05) is 39.2 Å². The number of unbranched alkanes of at least 4 members (excludes halogenated alkanes) is 3. The number of ether oxygens (including phenoxy) is 2. The molecule has 1 aliphatic carbocycles. The molecule has 3 heterocycles. The molecule has 0 unspecified atom stereocenters. The van der Waals surface area contributed by atoms with Gasteiger partial charge in [-0.3, -0.25) is 19.2 Å². The number of rotatable bonds is 18. The number of hydrogen-bond donors (Lipinski definition) is 1. The number of likely N-dealkylation sites (N-methyl/N-ethyl adjacent to an activating group) is 1. The van der Waals surface area contributed by atoms with Crippen LogP contribution < -0.4 is 0 Å². The van der Waals surface area contributed by atoms with Gasteiger partial charge in [-0.05, 0) is 57.4 Å². The van der Waals surface area contributed by atoms with Gasteiger partial charge in [0.1, 0.15) is 17.7 Å². The lowest BCUT2D eigenvalue weighted by Crippen LogP contribution is -2.58. The van der Waals surface area contributed by atoms with Gasteiger partial charge in [-0.15, -0.1) is 13.2 Å². The van der Waals surface area contributed by atoms with E-state index in [4.69, 9.17) is 9.47 Å². The molecule has 4 fully saturated rings. The largest absolute Gasteiger partial charge is 0.455 e. The first-order valence-electron chi connectivity index (χ1n) is 18.8. The standard InChI is InChI=1S/C40H57N3O7/c1-5-7-22-32(45)41(4)28(3)35(29-18-12-10-13-19-29)49-39(48)33-31-23-24-40(50-31)34(33)37(46)43(26-16-8-9-17-27-44)36(40)38(47)42(25-6-2)30-20-14-11-15-21-30/h5-6,10,12-13,18-19,28,30-31,33-36,44H,1-2,7-9,11,14-17,20-27H2,3-4H3/t28-,31+,33-,34-,35+,36+,40-/m1/s1. The Morgan fingerprint density at radius 3 is 2.46 bits per heavy atom. The summed E-state index contributed by atoms with van der Waals surface area (Å²) in [5.74, 6) is -2.66. The number of esters is 1. The van der Waals surface area contributed by atoms with E-state index in [1.807, 2.05) is 42.2 Å². The molecule has 5 rings (SSSR count). The van der Waals surface area contributed by atoms with Gasteiger partial charge >= 0.3 is 5.97 Å². The molecule has 1 N–H and O–H groups in total. The van der Waals surface area contributed by atoms with E-state index in [0.29, 0.717) is 51.6 Å². The van der Waals surface area contributed by atoms with E-state index in [9.17, 15) is 24.3 Å². The summed E-state index contributed by atoms with van der Waals surface area (Å²) in [6.07, 6.45) is 12.2. The van der Waals surface area contributed by atoms with Gasteiger partial charge in [-0.2, -0.15) is 0 Å². The second-order valence-electron chi connectivity index (χ2n) is 14.6. The van der Waals surface area contributed by atoms with Crippen molar-refractivity contribution in [3.05, 3.63) is 61.2 Å². The van der Waals surface area contributed by atoms with Crippen LogP contribution in [0, 0.1) is 11.8 Å². The van der Waals surface area contributed by atoms with Gasteiger partial charge in [0.05, 0.1) is 24.0 Å². The fourth-order valence-corrected chi connectivity index (χ4v) is 8.92. The van der Waals surface area contributed by atoms with E-state index < -0.39 is 47.7 Å². The SMILES string of the molecule is C=CCCC(=O)N(C)[C@H](C)[C@H](OC(=O)[C@@H]1[C@@H]2CC[C@]3(O2)[C@H](C(=O)N(CC=C)C2CCCCC2)N(CCCCCCO)C(=O)[C@@H]13)c1ccccc1. The Kier molecular flexibility index (Phi) is 12.9. The summed E-state index contributed by atoms with van der Waals surface area (Å²) in [5, 5.41) is 9.29. The van der Waals surface area contributed by atoms with E-state index in [1.54, 1.807) is 29.0 Å². The third-order valence-electron chi connectivity index (χ3n) is 11.6. The monoisotopic (exact) mass is 691 g/mol. The van der Waals surface area contributed by atoms with Crippen molar-refractivity contribution >= 4 is 23.7 Å². The smallest absolute Gasteiger partial charge is 0.313 e. The molecule has 4 aliphatic rings. The predicted octanol–water partition coefficient (Wildman–Crippen LogP) is 5.36. The molecule has 50 heavy (non-hydrogen) atoms. The van der Waals surface area contributed by atoms with Crippen molar-refractivity contribution in [2.75, 3.05) is 26.7 Å². The molecule has 10 heteroatoms. The summed E-state index contributed by atoms with van der Waals surface area (Å²) < 4.78 is 13.1. The number of nitrogens with zero attached hydrogens (tertiary/aromatic N) is 3. The van der Waals surface area contributed by atoms with Crippen molar-refractivity contribution in [1.29, 1.82) is 0 Å². The Morgan fingerprint density at radius 2 is 1.78 bits per heavy atom. The van der Waals surface area contributed by atoms with Crippen molar-refractivity contribution in [2.45, 2.75) is 126 Å². The highest BCUT2D eigenvalue weighted by Crippen LogP contribution is 2.59. The number of fused-ring (bicyclic) bond motifs is 1. The van der Waals surface area contributed by atoms with Crippen molar-refractivity contribution in [1.82, 2.24) is 14.7 Å². The minimum atomic E-state index is -1.12. The van der Waals surface area contributed by atoms with Crippen molar-refractivity contribution in [3.8, 4) is 0 Å². The summed E-state index contributed by atoms with van der Waals surface area (Å²) >= 11 is 0. The number of carbonyl (C=O) groups excluding carboxylic acids is 4. The summed E-state index contributed by atoms with van der Waals surface area (Å²) in [5.41, 5.74) is -0.370.